The quantitative estimate of drug-likeness (QED) is 0.802. The number of carbonyl (C=O) groups is 1. The number of thiazole rings is 1. The van der Waals surface area contributed by atoms with Gasteiger partial charge in [-0.3, -0.25) is 4.79 Å². The molecule has 4 nitrogen and oxygen atoms in total. The number of anilines is 1. The molecule has 1 aromatic carbocycles. The molecule has 2 heterocycles. The summed E-state index contributed by atoms with van der Waals surface area (Å²) in [5.41, 5.74) is 1.07. The second-order valence-electron chi connectivity index (χ2n) is 5.45. The Bertz CT molecular complexity index is 662. The Hall–Kier alpha value is -1.27. The third-order valence-corrected chi connectivity index (χ3v) is 5.76. The molecule has 1 aliphatic rings. The fourth-order valence-corrected chi connectivity index (χ4v) is 4.25. The van der Waals surface area contributed by atoms with E-state index in [0.717, 1.165) is 43.2 Å². The van der Waals surface area contributed by atoms with Crippen LogP contribution in [0.2, 0.25) is 0 Å². The molecule has 0 aliphatic carbocycles. The van der Waals surface area contributed by atoms with Crippen LogP contribution in [-0.4, -0.2) is 48.2 Å². The first-order chi connectivity index (χ1) is 10.7. The van der Waals surface area contributed by atoms with Crippen LogP contribution in [0, 0.1) is 0 Å². The molecular formula is C16H21N3OS2. The molecule has 0 atom stereocenters. The zero-order valence-corrected chi connectivity index (χ0v) is 14.7. The van der Waals surface area contributed by atoms with E-state index in [1.54, 1.807) is 23.1 Å². The summed E-state index contributed by atoms with van der Waals surface area (Å²) < 4.78 is 1.24. The lowest BCUT2D eigenvalue weighted by Crippen LogP contribution is -2.48. The largest absolute Gasteiger partial charge is 0.345 e. The topological polar surface area (TPSA) is 36.4 Å². The zero-order chi connectivity index (χ0) is 15.5. The van der Waals surface area contributed by atoms with Crippen LogP contribution >= 0.6 is 23.1 Å². The summed E-state index contributed by atoms with van der Waals surface area (Å²) in [5, 5.41) is 1.08. The molecular weight excluding hydrogens is 314 g/mol. The number of rotatable bonds is 4. The molecule has 1 fully saturated rings. The van der Waals surface area contributed by atoms with Crippen molar-refractivity contribution in [2.45, 2.75) is 24.7 Å². The van der Waals surface area contributed by atoms with E-state index in [2.05, 4.69) is 36.3 Å². The van der Waals surface area contributed by atoms with E-state index in [9.17, 15) is 4.79 Å². The normalized spacial score (nSPS) is 15.5. The Morgan fingerprint density at radius 1 is 1.32 bits per heavy atom. The van der Waals surface area contributed by atoms with Gasteiger partial charge in [-0.1, -0.05) is 18.3 Å². The molecule has 0 unspecified atom stereocenters. The van der Waals surface area contributed by atoms with Crippen molar-refractivity contribution in [2.75, 3.05) is 37.3 Å². The van der Waals surface area contributed by atoms with E-state index in [-0.39, 0.29) is 5.91 Å². The summed E-state index contributed by atoms with van der Waals surface area (Å²) in [4.78, 5) is 22.3. The second kappa shape index (κ2) is 6.87. The number of thioether (sulfide) groups is 1. The predicted molar refractivity (Wildman–Crippen MR) is 95.1 cm³/mol. The fourth-order valence-electron chi connectivity index (χ4n) is 2.67. The third kappa shape index (κ3) is 3.22. The molecule has 6 heteroatoms. The molecule has 0 radical (unpaired) electrons. The van der Waals surface area contributed by atoms with Crippen molar-refractivity contribution in [3.05, 3.63) is 18.2 Å². The van der Waals surface area contributed by atoms with Crippen molar-refractivity contribution in [2.24, 2.45) is 0 Å². The van der Waals surface area contributed by atoms with Crippen LogP contribution in [0.1, 0.15) is 19.8 Å². The minimum Gasteiger partial charge on any atom is -0.345 e. The van der Waals surface area contributed by atoms with Gasteiger partial charge in [-0.05, 0) is 30.9 Å². The Kier molecular flexibility index (Phi) is 4.88. The van der Waals surface area contributed by atoms with Gasteiger partial charge in [0.25, 0.3) is 0 Å². The van der Waals surface area contributed by atoms with Crippen LogP contribution < -0.4 is 4.90 Å². The van der Waals surface area contributed by atoms with Gasteiger partial charge >= 0.3 is 0 Å². The number of nitrogens with zero attached hydrogens (tertiary/aromatic N) is 3. The Labute approximate surface area is 139 Å². The molecule has 1 saturated heterocycles. The summed E-state index contributed by atoms with van der Waals surface area (Å²) in [6, 6.07) is 6.43. The van der Waals surface area contributed by atoms with E-state index in [1.165, 1.54) is 9.60 Å². The van der Waals surface area contributed by atoms with Crippen molar-refractivity contribution < 1.29 is 4.79 Å². The van der Waals surface area contributed by atoms with Gasteiger partial charge in [0, 0.05) is 37.5 Å². The van der Waals surface area contributed by atoms with Crippen molar-refractivity contribution in [3.63, 3.8) is 0 Å². The third-order valence-electron chi connectivity index (χ3n) is 3.95. The number of hydrogen-bond donors (Lipinski definition) is 0. The maximum Gasteiger partial charge on any atom is 0.222 e. The van der Waals surface area contributed by atoms with Crippen molar-refractivity contribution in [3.8, 4) is 0 Å². The molecule has 118 valence electrons. The number of hydrogen-bond acceptors (Lipinski definition) is 5. The number of carbonyl (C=O) groups excluding carboxylic acids is 1. The highest BCUT2D eigenvalue weighted by molar-refractivity contribution is 7.98. The van der Waals surface area contributed by atoms with Crippen LogP contribution in [-0.2, 0) is 4.79 Å². The van der Waals surface area contributed by atoms with Gasteiger partial charge in [-0.2, -0.15) is 0 Å². The van der Waals surface area contributed by atoms with Crippen LogP contribution in [0.4, 0.5) is 5.13 Å². The Morgan fingerprint density at radius 2 is 2.09 bits per heavy atom. The van der Waals surface area contributed by atoms with Crippen LogP contribution in [0.25, 0.3) is 10.2 Å². The van der Waals surface area contributed by atoms with E-state index in [4.69, 9.17) is 4.98 Å². The summed E-state index contributed by atoms with van der Waals surface area (Å²) in [6.07, 6.45) is 3.68. The number of amides is 1. The Balaban J connectivity index is 1.69. The van der Waals surface area contributed by atoms with Gasteiger partial charge < -0.3 is 9.80 Å². The van der Waals surface area contributed by atoms with Crippen molar-refractivity contribution in [1.82, 2.24) is 9.88 Å². The molecule has 1 aliphatic heterocycles. The standard InChI is InChI=1S/C16H21N3OS2/c1-3-4-15(20)18-7-9-19(10-8-18)16-17-13-6-5-12(21-2)11-14(13)22-16/h5-6,11H,3-4,7-10H2,1-2H3. The van der Waals surface area contributed by atoms with E-state index >= 15 is 0 Å². The number of piperazine rings is 1. The van der Waals surface area contributed by atoms with Crippen LogP contribution in [0.15, 0.2) is 23.1 Å². The number of fused-ring (bicyclic) bond motifs is 1. The molecule has 2 aromatic rings. The van der Waals surface area contributed by atoms with E-state index in [0.29, 0.717) is 6.42 Å². The first-order valence-corrected chi connectivity index (χ1v) is 9.72. The molecule has 22 heavy (non-hydrogen) atoms. The summed E-state index contributed by atoms with van der Waals surface area (Å²) in [7, 11) is 0. The van der Waals surface area contributed by atoms with Crippen molar-refractivity contribution >= 4 is 44.4 Å². The smallest absolute Gasteiger partial charge is 0.222 e. The summed E-state index contributed by atoms with van der Waals surface area (Å²) in [6.45, 7) is 5.43. The molecule has 0 spiro atoms. The first kappa shape index (κ1) is 15.6. The highest BCUT2D eigenvalue weighted by Gasteiger charge is 2.22. The lowest BCUT2D eigenvalue weighted by Gasteiger charge is -2.34. The van der Waals surface area contributed by atoms with Gasteiger partial charge in [-0.15, -0.1) is 11.8 Å². The van der Waals surface area contributed by atoms with Crippen molar-refractivity contribution in [1.29, 1.82) is 0 Å². The van der Waals surface area contributed by atoms with Gasteiger partial charge in [0.1, 0.15) is 0 Å². The van der Waals surface area contributed by atoms with E-state index < -0.39 is 0 Å². The zero-order valence-electron chi connectivity index (χ0n) is 13.0. The first-order valence-electron chi connectivity index (χ1n) is 7.68. The van der Waals surface area contributed by atoms with Gasteiger partial charge in [0.2, 0.25) is 5.91 Å². The minimum atomic E-state index is 0.288. The van der Waals surface area contributed by atoms with Gasteiger partial charge in [-0.25, -0.2) is 4.98 Å². The molecule has 3 rings (SSSR count). The SMILES string of the molecule is CCCC(=O)N1CCN(c2nc3ccc(SC)cc3s2)CC1. The summed E-state index contributed by atoms with van der Waals surface area (Å²) in [5.74, 6) is 0.288. The predicted octanol–water partition coefficient (Wildman–Crippen LogP) is 3.47. The summed E-state index contributed by atoms with van der Waals surface area (Å²) >= 11 is 3.51. The molecule has 0 saturated carbocycles. The number of aromatic nitrogens is 1. The Morgan fingerprint density at radius 3 is 2.77 bits per heavy atom. The van der Waals surface area contributed by atoms with E-state index in [1.807, 2.05) is 4.90 Å². The number of benzene rings is 1. The monoisotopic (exact) mass is 335 g/mol. The lowest BCUT2D eigenvalue weighted by molar-refractivity contribution is -0.131. The van der Waals surface area contributed by atoms with Gasteiger partial charge in [0.05, 0.1) is 10.2 Å². The molecule has 0 N–H and O–H groups in total. The fraction of sp³-hybridized carbons (Fsp3) is 0.500. The molecule has 1 aromatic heterocycles. The maximum absolute atomic E-state index is 11.9. The second-order valence-corrected chi connectivity index (χ2v) is 7.34. The maximum atomic E-state index is 11.9. The molecule has 1 amide bonds. The lowest BCUT2D eigenvalue weighted by atomic mass is 10.2. The van der Waals surface area contributed by atoms with Crippen LogP contribution in [0.5, 0.6) is 0 Å². The average Bonchev–Trinajstić information content (AvgIpc) is 2.98. The average molecular weight is 335 g/mol. The van der Waals surface area contributed by atoms with Crippen LogP contribution in [0.3, 0.4) is 0 Å². The molecule has 0 bridgehead atoms. The van der Waals surface area contributed by atoms with Gasteiger partial charge in [0.15, 0.2) is 5.13 Å². The highest BCUT2D eigenvalue weighted by Crippen LogP contribution is 2.31. The minimum absolute atomic E-state index is 0.288. The highest BCUT2D eigenvalue weighted by atomic mass is 32.2.